The van der Waals surface area contributed by atoms with Crippen LogP contribution in [0.3, 0.4) is 0 Å². The van der Waals surface area contributed by atoms with E-state index in [0.717, 1.165) is 28.3 Å². The summed E-state index contributed by atoms with van der Waals surface area (Å²) in [6.45, 7) is 6.11. The number of nitrogens with zero attached hydrogens (tertiary/aromatic N) is 1. The lowest BCUT2D eigenvalue weighted by Gasteiger charge is -2.15. The van der Waals surface area contributed by atoms with Gasteiger partial charge in [-0.05, 0) is 93.9 Å². The molecule has 0 saturated heterocycles. The molecule has 5 aromatic rings. The molecule has 6 rings (SSSR count). The Kier molecular flexibility index (Phi) is 6.29. The van der Waals surface area contributed by atoms with Crippen LogP contribution in [0.2, 0.25) is 0 Å². The molecule has 4 aromatic carbocycles. The van der Waals surface area contributed by atoms with Gasteiger partial charge < -0.3 is 0 Å². The maximum Gasteiger partial charge on any atom is 0.213 e. The van der Waals surface area contributed by atoms with Gasteiger partial charge in [-0.25, -0.2) is 4.57 Å². The smallest absolute Gasteiger partial charge is 0.201 e. The summed E-state index contributed by atoms with van der Waals surface area (Å²) >= 11 is 0. The third-order valence-electron chi connectivity index (χ3n) is 8.46. The molecule has 1 aliphatic rings. The van der Waals surface area contributed by atoms with E-state index >= 15 is 0 Å². The van der Waals surface area contributed by atoms with Crippen LogP contribution in [0.25, 0.3) is 44.3 Å². The van der Waals surface area contributed by atoms with E-state index in [1.807, 2.05) is 13.8 Å². The van der Waals surface area contributed by atoms with Gasteiger partial charge in [-0.2, -0.15) is 0 Å². The van der Waals surface area contributed by atoms with Gasteiger partial charge in [0.15, 0.2) is 6.20 Å². The van der Waals surface area contributed by atoms with E-state index in [2.05, 4.69) is 116 Å². The van der Waals surface area contributed by atoms with E-state index in [4.69, 9.17) is 1.37 Å². The fourth-order valence-corrected chi connectivity index (χ4v) is 6.21. The highest BCUT2D eigenvalue weighted by atomic mass is 14.9. The van der Waals surface area contributed by atoms with Crippen molar-refractivity contribution in [2.45, 2.75) is 58.3 Å². The molecule has 0 bridgehead atoms. The molecule has 1 aliphatic carbocycles. The molecule has 0 spiro atoms. The quantitative estimate of drug-likeness (QED) is 0.213. The van der Waals surface area contributed by atoms with Crippen LogP contribution >= 0.6 is 0 Å². The molecule has 0 amide bonds. The predicted octanol–water partition coefficient (Wildman–Crippen LogP) is 9.75. The second kappa shape index (κ2) is 10.2. The summed E-state index contributed by atoms with van der Waals surface area (Å²) in [5.41, 5.74) is 11.0. The summed E-state index contributed by atoms with van der Waals surface area (Å²) in [5, 5.41) is 2.46. The van der Waals surface area contributed by atoms with Crippen LogP contribution in [0.1, 0.15) is 69.4 Å². The monoisotopic (exact) mass is 497 g/mol. The number of fused-ring (bicyclic) bond motifs is 1. The van der Waals surface area contributed by atoms with Crippen LogP contribution in [-0.2, 0) is 7.05 Å². The van der Waals surface area contributed by atoms with E-state index in [0.29, 0.717) is 0 Å². The third-order valence-corrected chi connectivity index (χ3v) is 8.46. The lowest BCUT2D eigenvalue weighted by atomic mass is 9.90. The molecule has 1 saturated carbocycles. The zero-order valence-electron chi connectivity index (χ0n) is 24.1. The Morgan fingerprint density at radius 1 is 0.737 bits per heavy atom. The zero-order chi connectivity index (χ0) is 27.1. The average molecular weight is 498 g/mol. The molecule has 1 aromatic heterocycles. The summed E-state index contributed by atoms with van der Waals surface area (Å²) < 4.78 is 11.1. The first kappa shape index (κ1) is 23.4. The van der Waals surface area contributed by atoms with Gasteiger partial charge in [0.2, 0.25) is 5.69 Å². The van der Waals surface area contributed by atoms with Crippen molar-refractivity contribution >= 4 is 10.8 Å². The normalized spacial score (nSPS) is 14.7. The van der Waals surface area contributed by atoms with Gasteiger partial charge in [-0.1, -0.05) is 93.4 Å². The van der Waals surface area contributed by atoms with Crippen LogP contribution in [-0.4, -0.2) is 0 Å². The number of hydrogen-bond donors (Lipinski definition) is 0. The zero-order valence-corrected chi connectivity index (χ0v) is 23.1. The molecule has 0 aliphatic heterocycles. The lowest BCUT2D eigenvalue weighted by Crippen LogP contribution is -2.32. The number of pyridine rings is 1. The summed E-state index contributed by atoms with van der Waals surface area (Å²) in [6, 6.07) is 33.6. The highest BCUT2D eigenvalue weighted by Crippen LogP contribution is 2.37. The summed E-state index contributed by atoms with van der Waals surface area (Å²) in [4.78, 5) is 0. The van der Waals surface area contributed by atoms with Crippen molar-refractivity contribution in [1.82, 2.24) is 0 Å². The Balaban J connectivity index is 1.40. The van der Waals surface area contributed by atoms with Crippen molar-refractivity contribution in [3.8, 4) is 33.5 Å². The largest absolute Gasteiger partial charge is 0.213 e. The molecule has 0 unspecified atom stereocenters. The van der Waals surface area contributed by atoms with Crippen LogP contribution in [0.15, 0.2) is 97.2 Å². The van der Waals surface area contributed by atoms with Crippen LogP contribution < -0.4 is 4.57 Å². The lowest BCUT2D eigenvalue weighted by molar-refractivity contribution is -0.660. The minimum Gasteiger partial charge on any atom is -0.201 e. The third kappa shape index (κ3) is 4.67. The minimum absolute atomic E-state index is 0.721. The van der Waals surface area contributed by atoms with E-state index in [-0.39, 0.29) is 0 Å². The van der Waals surface area contributed by atoms with Crippen molar-refractivity contribution in [1.29, 1.82) is 0 Å². The summed E-state index contributed by atoms with van der Waals surface area (Å²) in [5.74, 6) is 0.0278. The molecule has 0 N–H and O–H groups in total. The van der Waals surface area contributed by atoms with Gasteiger partial charge in [-0.3, -0.25) is 0 Å². The SMILES string of the molecule is [2H]C(C)(C)c1c[n+](C)c(-c2ccccc2C)cc1-c1ccc2cc(-c3ccc(C4CCCC4)cc3)ccc2c1. The van der Waals surface area contributed by atoms with Gasteiger partial charge in [-0.15, -0.1) is 0 Å². The highest BCUT2D eigenvalue weighted by molar-refractivity contribution is 5.91. The Labute approximate surface area is 229 Å². The molecule has 190 valence electrons. The van der Waals surface area contributed by atoms with Gasteiger partial charge in [0.25, 0.3) is 0 Å². The van der Waals surface area contributed by atoms with Gasteiger partial charge in [0.05, 0.1) is 0 Å². The van der Waals surface area contributed by atoms with Crippen molar-refractivity contribution in [2.24, 2.45) is 7.05 Å². The first-order chi connectivity index (χ1) is 18.8. The van der Waals surface area contributed by atoms with Crippen LogP contribution in [0.4, 0.5) is 0 Å². The molecule has 1 nitrogen and oxygen atoms in total. The van der Waals surface area contributed by atoms with Crippen LogP contribution in [0.5, 0.6) is 0 Å². The molecule has 1 heteroatoms. The van der Waals surface area contributed by atoms with E-state index in [9.17, 15) is 0 Å². The first-order valence-corrected chi connectivity index (χ1v) is 14.0. The van der Waals surface area contributed by atoms with Gasteiger partial charge in [0, 0.05) is 18.6 Å². The summed E-state index contributed by atoms with van der Waals surface area (Å²) in [6.07, 6.45) is 7.56. The van der Waals surface area contributed by atoms with Crippen LogP contribution in [0, 0.1) is 6.92 Å². The van der Waals surface area contributed by atoms with Gasteiger partial charge >= 0.3 is 0 Å². The second-order valence-electron chi connectivity index (χ2n) is 11.3. The summed E-state index contributed by atoms with van der Waals surface area (Å²) in [7, 11) is 2.09. The maximum atomic E-state index is 8.92. The predicted molar refractivity (Wildman–Crippen MR) is 161 cm³/mol. The topological polar surface area (TPSA) is 3.88 Å². The average Bonchev–Trinajstić information content (AvgIpc) is 3.48. The van der Waals surface area contributed by atoms with E-state index in [1.165, 1.54) is 64.3 Å². The Bertz CT molecular complexity index is 1650. The number of benzene rings is 4. The second-order valence-corrected chi connectivity index (χ2v) is 11.3. The van der Waals surface area contributed by atoms with Gasteiger partial charge in [0.1, 0.15) is 7.05 Å². The minimum atomic E-state index is -0.721. The molecule has 1 fully saturated rings. The van der Waals surface area contributed by atoms with E-state index < -0.39 is 5.89 Å². The first-order valence-electron chi connectivity index (χ1n) is 14.5. The van der Waals surface area contributed by atoms with Crippen molar-refractivity contribution < 1.29 is 5.94 Å². The van der Waals surface area contributed by atoms with Crippen molar-refractivity contribution in [2.75, 3.05) is 0 Å². The molecule has 38 heavy (non-hydrogen) atoms. The molecular weight excluding hydrogens is 458 g/mol. The number of aromatic nitrogens is 1. The number of rotatable bonds is 5. The Morgan fingerprint density at radius 2 is 1.37 bits per heavy atom. The maximum absolute atomic E-state index is 8.92. The standard InChI is InChI=1S/C37H38N/c1-25(2)36-24-38(4)37(34-12-8-5-9-26(34)3)23-35(36)33-20-19-31-21-30(17-18-32(31)22-33)29-15-13-28(14-16-29)27-10-6-7-11-27/h5,8-9,12-25,27H,6-7,10-11H2,1-4H3/q+1/i25D. The fraction of sp³-hybridized carbons (Fsp3) is 0.270. The Morgan fingerprint density at radius 3 is 2.05 bits per heavy atom. The Hall–Kier alpha value is -3.71. The highest BCUT2D eigenvalue weighted by Gasteiger charge is 2.20. The molecule has 0 radical (unpaired) electrons. The molecular formula is C37H38N+. The van der Waals surface area contributed by atoms with Crippen molar-refractivity contribution in [3.05, 3.63) is 114 Å². The fourth-order valence-electron chi connectivity index (χ4n) is 6.21. The van der Waals surface area contributed by atoms with E-state index in [1.54, 1.807) is 0 Å². The number of aryl methyl sites for hydroxylation is 2. The number of hydrogen-bond acceptors (Lipinski definition) is 0. The molecule has 0 atom stereocenters. The molecule has 1 heterocycles. The van der Waals surface area contributed by atoms with Crippen molar-refractivity contribution in [3.63, 3.8) is 0 Å².